The Hall–Kier alpha value is -3.26. The highest BCUT2D eigenvalue weighted by Crippen LogP contribution is 2.26. The molecule has 1 unspecified atom stereocenters. The molecule has 0 aliphatic heterocycles. The molecule has 1 amide bonds. The minimum Gasteiger partial charge on any atom is -0.497 e. The second kappa shape index (κ2) is 10.9. The van der Waals surface area contributed by atoms with Crippen molar-refractivity contribution in [1.82, 2.24) is 14.8 Å². The van der Waals surface area contributed by atoms with Crippen molar-refractivity contribution in [2.75, 3.05) is 18.2 Å². The Balaban J connectivity index is 1.67. The van der Waals surface area contributed by atoms with E-state index < -0.39 is 0 Å². The number of aromatic nitrogens is 3. The fraction of sp³-hybridized carbons (Fsp3) is 0.292. The second-order valence-corrected chi connectivity index (χ2v) is 8.27. The molecule has 32 heavy (non-hydrogen) atoms. The van der Waals surface area contributed by atoms with Crippen LogP contribution in [0.5, 0.6) is 11.5 Å². The van der Waals surface area contributed by atoms with Gasteiger partial charge in [-0.05, 0) is 62.2 Å². The highest BCUT2D eigenvalue weighted by molar-refractivity contribution is 7.99. The molecule has 1 heterocycles. The van der Waals surface area contributed by atoms with Gasteiger partial charge in [0.1, 0.15) is 11.5 Å². The molecule has 0 spiro atoms. The summed E-state index contributed by atoms with van der Waals surface area (Å²) < 4.78 is 13.1. The van der Waals surface area contributed by atoms with Gasteiger partial charge in [-0.1, -0.05) is 30.0 Å². The van der Waals surface area contributed by atoms with Crippen LogP contribution in [-0.2, 0) is 11.3 Å². The first-order valence-corrected chi connectivity index (χ1v) is 11.2. The van der Waals surface area contributed by atoms with Gasteiger partial charge in [0.25, 0.3) is 0 Å². The summed E-state index contributed by atoms with van der Waals surface area (Å²) in [4.78, 5) is 12.5. The number of thioether (sulfide) groups is 1. The molecule has 3 rings (SSSR count). The second-order valence-electron chi connectivity index (χ2n) is 7.33. The number of allylic oxidation sites excluding steroid dienone is 1. The molecule has 0 saturated heterocycles. The zero-order valence-electron chi connectivity index (χ0n) is 18.8. The molecule has 168 valence electrons. The molecular formula is C24H28N4O3S. The molecule has 0 aliphatic rings. The molecule has 2 aromatic carbocycles. The first kappa shape index (κ1) is 23.4. The molecule has 0 radical (unpaired) electrons. The topological polar surface area (TPSA) is 78.3 Å². The Kier molecular flexibility index (Phi) is 7.94. The van der Waals surface area contributed by atoms with Gasteiger partial charge >= 0.3 is 0 Å². The third kappa shape index (κ3) is 5.91. The van der Waals surface area contributed by atoms with Crippen molar-refractivity contribution in [3.05, 3.63) is 72.1 Å². The molecular weight excluding hydrogens is 424 g/mol. The van der Waals surface area contributed by atoms with E-state index in [0.29, 0.717) is 23.3 Å². The van der Waals surface area contributed by atoms with E-state index in [1.807, 2.05) is 67.8 Å². The average molecular weight is 453 g/mol. The zero-order valence-corrected chi connectivity index (χ0v) is 19.6. The van der Waals surface area contributed by atoms with E-state index in [9.17, 15) is 4.79 Å². The number of benzene rings is 2. The Morgan fingerprint density at radius 3 is 2.59 bits per heavy atom. The van der Waals surface area contributed by atoms with Gasteiger partial charge < -0.3 is 14.8 Å². The normalized spacial score (nSPS) is 11.6. The van der Waals surface area contributed by atoms with E-state index in [2.05, 4.69) is 22.1 Å². The van der Waals surface area contributed by atoms with Crippen molar-refractivity contribution < 1.29 is 14.3 Å². The van der Waals surface area contributed by atoms with E-state index >= 15 is 0 Å². The first-order chi connectivity index (χ1) is 15.4. The van der Waals surface area contributed by atoms with Crippen molar-refractivity contribution in [3.8, 4) is 11.5 Å². The number of amides is 1. The monoisotopic (exact) mass is 452 g/mol. The number of ether oxygens (including phenoxy) is 2. The first-order valence-electron chi connectivity index (χ1n) is 10.3. The predicted octanol–water partition coefficient (Wildman–Crippen LogP) is 4.96. The van der Waals surface area contributed by atoms with Crippen LogP contribution in [0.4, 0.5) is 5.69 Å². The van der Waals surface area contributed by atoms with Crippen molar-refractivity contribution >= 4 is 23.4 Å². The highest BCUT2D eigenvalue weighted by atomic mass is 32.2. The predicted molar refractivity (Wildman–Crippen MR) is 128 cm³/mol. The molecule has 1 aromatic heterocycles. The largest absolute Gasteiger partial charge is 0.497 e. The van der Waals surface area contributed by atoms with Gasteiger partial charge in [-0.2, -0.15) is 0 Å². The molecule has 8 heteroatoms. The van der Waals surface area contributed by atoms with Gasteiger partial charge in [0, 0.05) is 12.2 Å². The van der Waals surface area contributed by atoms with Crippen molar-refractivity contribution in [2.24, 2.45) is 0 Å². The summed E-state index contributed by atoms with van der Waals surface area (Å²) in [5, 5.41) is 12.2. The minimum absolute atomic E-state index is 0.0964. The third-order valence-corrected chi connectivity index (χ3v) is 5.76. The zero-order chi connectivity index (χ0) is 23.1. The lowest BCUT2D eigenvalue weighted by Crippen LogP contribution is -2.16. The summed E-state index contributed by atoms with van der Waals surface area (Å²) in [5.41, 5.74) is 2.95. The SMILES string of the molecule is C=CCn1c(SCC(=O)Nc2cc(C)ccc2C)nnc1C(C)Oc1ccc(OC)cc1. The number of hydrogen-bond donors (Lipinski definition) is 1. The summed E-state index contributed by atoms with van der Waals surface area (Å²) in [6.07, 6.45) is 1.43. The lowest BCUT2D eigenvalue weighted by Gasteiger charge is -2.16. The summed E-state index contributed by atoms with van der Waals surface area (Å²) in [6, 6.07) is 13.4. The molecule has 0 saturated carbocycles. The van der Waals surface area contributed by atoms with Crippen LogP contribution < -0.4 is 14.8 Å². The van der Waals surface area contributed by atoms with Gasteiger partial charge in [0.2, 0.25) is 5.91 Å². The van der Waals surface area contributed by atoms with Crippen LogP contribution in [0.1, 0.15) is 30.0 Å². The Morgan fingerprint density at radius 2 is 1.91 bits per heavy atom. The van der Waals surface area contributed by atoms with Crippen LogP contribution in [0, 0.1) is 13.8 Å². The van der Waals surface area contributed by atoms with Crippen LogP contribution in [0.2, 0.25) is 0 Å². The number of nitrogens with zero attached hydrogens (tertiary/aromatic N) is 3. The van der Waals surface area contributed by atoms with E-state index in [1.165, 1.54) is 11.8 Å². The van der Waals surface area contributed by atoms with Gasteiger partial charge in [-0.25, -0.2) is 0 Å². The van der Waals surface area contributed by atoms with Crippen LogP contribution in [0.25, 0.3) is 0 Å². The van der Waals surface area contributed by atoms with Crippen LogP contribution in [0.3, 0.4) is 0 Å². The van der Waals surface area contributed by atoms with Crippen molar-refractivity contribution in [1.29, 1.82) is 0 Å². The van der Waals surface area contributed by atoms with Crippen molar-refractivity contribution in [2.45, 2.75) is 38.6 Å². The number of hydrogen-bond acceptors (Lipinski definition) is 6. The van der Waals surface area contributed by atoms with Gasteiger partial charge in [0.15, 0.2) is 17.1 Å². The van der Waals surface area contributed by atoms with Crippen LogP contribution in [-0.4, -0.2) is 33.5 Å². The Labute approximate surface area is 192 Å². The molecule has 1 atom stereocenters. The molecule has 1 N–H and O–H groups in total. The maximum atomic E-state index is 12.5. The summed E-state index contributed by atoms with van der Waals surface area (Å²) in [5.74, 6) is 2.25. The number of rotatable bonds is 10. The summed E-state index contributed by atoms with van der Waals surface area (Å²) in [7, 11) is 1.62. The maximum absolute atomic E-state index is 12.5. The Morgan fingerprint density at radius 1 is 1.19 bits per heavy atom. The highest BCUT2D eigenvalue weighted by Gasteiger charge is 2.20. The van der Waals surface area contributed by atoms with Gasteiger partial charge in [-0.3, -0.25) is 9.36 Å². The van der Waals surface area contributed by atoms with Gasteiger partial charge in [-0.15, -0.1) is 16.8 Å². The number of carbonyl (C=O) groups excluding carboxylic acids is 1. The standard InChI is InChI=1S/C24H28N4O3S/c1-6-13-28-23(18(4)31-20-11-9-19(30-5)10-12-20)26-27-24(28)32-15-22(29)25-21-14-16(2)7-8-17(21)3/h6-12,14,18H,1,13,15H2,2-5H3,(H,25,29). The quantitative estimate of drug-likeness (QED) is 0.346. The fourth-order valence-corrected chi connectivity index (χ4v) is 3.86. The van der Waals surface area contributed by atoms with E-state index in [4.69, 9.17) is 9.47 Å². The lowest BCUT2D eigenvalue weighted by atomic mass is 10.1. The number of anilines is 1. The molecule has 0 aliphatic carbocycles. The number of carbonyl (C=O) groups is 1. The average Bonchev–Trinajstić information content (AvgIpc) is 3.18. The van der Waals surface area contributed by atoms with E-state index in [-0.39, 0.29) is 17.8 Å². The molecule has 7 nitrogen and oxygen atoms in total. The molecule has 0 bridgehead atoms. The van der Waals surface area contributed by atoms with Crippen LogP contribution >= 0.6 is 11.8 Å². The van der Waals surface area contributed by atoms with Crippen LogP contribution in [0.15, 0.2) is 60.3 Å². The lowest BCUT2D eigenvalue weighted by molar-refractivity contribution is -0.113. The Bertz CT molecular complexity index is 1080. The third-order valence-electron chi connectivity index (χ3n) is 4.79. The summed E-state index contributed by atoms with van der Waals surface area (Å²) in [6.45, 7) is 10.2. The minimum atomic E-state index is -0.339. The van der Waals surface area contributed by atoms with Crippen molar-refractivity contribution in [3.63, 3.8) is 0 Å². The smallest absolute Gasteiger partial charge is 0.234 e. The fourth-order valence-electron chi connectivity index (χ4n) is 3.11. The van der Waals surface area contributed by atoms with E-state index in [0.717, 1.165) is 22.6 Å². The number of aryl methyl sites for hydroxylation is 2. The number of methoxy groups -OCH3 is 1. The van der Waals surface area contributed by atoms with Gasteiger partial charge in [0.05, 0.1) is 12.9 Å². The number of nitrogens with one attached hydrogen (secondary N) is 1. The molecule has 0 fully saturated rings. The maximum Gasteiger partial charge on any atom is 0.234 e. The summed E-state index contributed by atoms with van der Waals surface area (Å²) >= 11 is 1.33. The van der Waals surface area contributed by atoms with E-state index in [1.54, 1.807) is 13.2 Å². The molecule has 3 aromatic rings.